The third-order valence-electron chi connectivity index (χ3n) is 5.05. The predicted molar refractivity (Wildman–Crippen MR) is 84.5 cm³/mol. The summed E-state index contributed by atoms with van der Waals surface area (Å²) in [6.45, 7) is 8.10. The topological polar surface area (TPSA) is 21.3 Å². The second-order valence-electron chi connectivity index (χ2n) is 7.54. The fraction of sp³-hybridized carbons (Fsp3) is 0.667. The summed E-state index contributed by atoms with van der Waals surface area (Å²) in [5.74, 6) is 1.06. The highest BCUT2D eigenvalue weighted by Crippen LogP contribution is 2.44. The monoisotopic (exact) mass is 273 g/mol. The Morgan fingerprint density at radius 2 is 1.80 bits per heavy atom. The van der Waals surface area contributed by atoms with Crippen LogP contribution in [0.4, 0.5) is 5.69 Å². The van der Waals surface area contributed by atoms with Crippen LogP contribution in [0.2, 0.25) is 0 Å². The first-order chi connectivity index (χ1) is 9.48. The van der Waals surface area contributed by atoms with Gasteiger partial charge in [0, 0.05) is 6.54 Å². The lowest BCUT2D eigenvalue weighted by molar-refractivity contribution is 0.0130. The third kappa shape index (κ3) is 2.79. The zero-order chi connectivity index (χ0) is 14.2. The van der Waals surface area contributed by atoms with E-state index in [1.807, 2.05) is 0 Å². The highest BCUT2D eigenvalue weighted by atomic mass is 16.5. The maximum atomic E-state index is 6.47. The molecule has 0 amide bonds. The summed E-state index contributed by atoms with van der Waals surface area (Å²) in [6, 6.07) is 6.49. The van der Waals surface area contributed by atoms with E-state index in [0.29, 0.717) is 5.41 Å². The number of hydrogen-bond donors (Lipinski definition) is 1. The highest BCUT2D eigenvalue weighted by molar-refractivity contribution is 5.63. The summed E-state index contributed by atoms with van der Waals surface area (Å²) in [4.78, 5) is 0. The van der Waals surface area contributed by atoms with Crippen molar-refractivity contribution < 1.29 is 4.74 Å². The van der Waals surface area contributed by atoms with E-state index < -0.39 is 0 Å². The van der Waals surface area contributed by atoms with E-state index in [9.17, 15) is 0 Å². The van der Waals surface area contributed by atoms with E-state index in [1.165, 1.54) is 36.9 Å². The molecule has 1 fully saturated rings. The van der Waals surface area contributed by atoms with Crippen LogP contribution in [0, 0.1) is 5.41 Å². The minimum absolute atomic E-state index is 0.00374. The first-order valence-electron chi connectivity index (χ1n) is 8.02. The number of anilines is 1. The molecule has 20 heavy (non-hydrogen) atoms. The van der Waals surface area contributed by atoms with Gasteiger partial charge in [-0.3, -0.25) is 0 Å². The SMILES string of the molecule is CC1(C)CCC(C)(Oc2cccc3c2NCCC3)CC1. The van der Waals surface area contributed by atoms with Crippen LogP contribution in [0.5, 0.6) is 5.75 Å². The molecule has 0 atom stereocenters. The smallest absolute Gasteiger partial charge is 0.143 e. The fourth-order valence-corrected chi connectivity index (χ4v) is 3.39. The average molecular weight is 273 g/mol. The molecular formula is C18H27NO. The standard InChI is InChI=1S/C18H27NO/c1-17(2)9-11-18(3,12-10-17)20-15-8-4-6-14-7-5-13-19-16(14)15/h4,6,8,19H,5,7,9-13H2,1-3H3. The lowest BCUT2D eigenvalue weighted by Gasteiger charge is -2.42. The van der Waals surface area contributed by atoms with Gasteiger partial charge in [0.2, 0.25) is 0 Å². The maximum Gasteiger partial charge on any atom is 0.143 e. The molecule has 0 unspecified atom stereocenters. The lowest BCUT2D eigenvalue weighted by atomic mass is 9.71. The zero-order valence-corrected chi connectivity index (χ0v) is 13.1. The molecule has 1 aliphatic carbocycles. The molecule has 3 rings (SSSR count). The van der Waals surface area contributed by atoms with Gasteiger partial charge in [0.1, 0.15) is 11.4 Å². The van der Waals surface area contributed by atoms with Crippen LogP contribution >= 0.6 is 0 Å². The molecule has 0 aromatic heterocycles. The second kappa shape index (κ2) is 4.98. The molecule has 1 aromatic rings. The van der Waals surface area contributed by atoms with Gasteiger partial charge in [-0.25, -0.2) is 0 Å². The molecule has 2 heteroatoms. The number of rotatable bonds is 2. The largest absolute Gasteiger partial charge is 0.485 e. The summed E-state index contributed by atoms with van der Waals surface area (Å²) in [5.41, 5.74) is 3.14. The van der Waals surface area contributed by atoms with Crippen molar-refractivity contribution >= 4 is 5.69 Å². The number of hydrogen-bond acceptors (Lipinski definition) is 2. The van der Waals surface area contributed by atoms with Crippen LogP contribution in [0.25, 0.3) is 0 Å². The number of para-hydroxylation sites is 1. The number of ether oxygens (including phenoxy) is 1. The predicted octanol–water partition coefficient (Wildman–Crippen LogP) is 4.78. The van der Waals surface area contributed by atoms with E-state index in [4.69, 9.17) is 4.74 Å². The second-order valence-corrected chi connectivity index (χ2v) is 7.54. The molecule has 1 saturated carbocycles. The van der Waals surface area contributed by atoms with Gasteiger partial charge in [0.15, 0.2) is 0 Å². The van der Waals surface area contributed by atoms with Crippen molar-refractivity contribution in [2.24, 2.45) is 5.41 Å². The van der Waals surface area contributed by atoms with Gasteiger partial charge in [0.25, 0.3) is 0 Å². The summed E-state index contributed by atoms with van der Waals surface area (Å²) in [5, 5.41) is 3.53. The van der Waals surface area contributed by atoms with Gasteiger partial charge < -0.3 is 10.1 Å². The molecule has 1 heterocycles. The minimum atomic E-state index is 0.00374. The zero-order valence-electron chi connectivity index (χ0n) is 13.1. The van der Waals surface area contributed by atoms with Gasteiger partial charge in [0.05, 0.1) is 5.69 Å². The molecule has 1 aromatic carbocycles. The van der Waals surface area contributed by atoms with Crippen molar-refractivity contribution in [1.82, 2.24) is 0 Å². The molecule has 0 bridgehead atoms. The van der Waals surface area contributed by atoms with Crippen LogP contribution in [-0.2, 0) is 6.42 Å². The third-order valence-corrected chi connectivity index (χ3v) is 5.05. The number of benzene rings is 1. The Hall–Kier alpha value is -1.18. The Bertz CT molecular complexity index is 482. The van der Waals surface area contributed by atoms with Crippen LogP contribution in [-0.4, -0.2) is 12.1 Å². The normalized spacial score (nSPS) is 23.6. The Morgan fingerprint density at radius 1 is 1.05 bits per heavy atom. The van der Waals surface area contributed by atoms with E-state index in [1.54, 1.807) is 0 Å². The van der Waals surface area contributed by atoms with Crippen molar-refractivity contribution in [2.75, 3.05) is 11.9 Å². The Balaban J connectivity index is 1.78. The summed E-state index contributed by atoms with van der Waals surface area (Å²) >= 11 is 0. The minimum Gasteiger partial charge on any atom is -0.485 e. The molecule has 2 nitrogen and oxygen atoms in total. The first kappa shape index (κ1) is 13.8. The van der Waals surface area contributed by atoms with Crippen molar-refractivity contribution in [2.45, 2.75) is 64.9 Å². The van der Waals surface area contributed by atoms with Crippen molar-refractivity contribution in [1.29, 1.82) is 0 Å². The molecular weight excluding hydrogens is 246 g/mol. The molecule has 2 aliphatic rings. The molecule has 110 valence electrons. The average Bonchev–Trinajstić information content (AvgIpc) is 2.43. The van der Waals surface area contributed by atoms with Crippen LogP contribution in [0.1, 0.15) is 58.4 Å². The molecule has 1 N–H and O–H groups in total. The van der Waals surface area contributed by atoms with Crippen LogP contribution in [0.3, 0.4) is 0 Å². The Kier molecular flexibility index (Phi) is 3.43. The number of fused-ring (bicyclic) bond motifs is 1. The van der Waals surface area contributed by atoms with E-state index >= 15 is 0 Å². The molecule has 0 radical (unpaired) electrons. The summed E-state index contributed by atoms with van der Waals surface area (Å²) < 4.78 is 6.47. The van der Waals surface area contributed by atoms with E-state index in [-0.39, 0.29) is 5.60 Å². The molecule has 1 aliphatic heterocycles. The van der Waals surface area contributed by atoms with Gasteiger partial charge in [-0.15, -0.1) is 0 Å². The lowest BCUT2D eigenvalue weighted by Crippen LogP contribution is -2.39. The maximum absolute atomic E-state index is 6.47. The number of aryl methyl sites for hydroxylation is 1. The Morgan fingerprint density at radius 3 is 2.55 bits per heavy atom. The van der Waals surface area contributed by atoms with E-state index in [2.05, 4.69) is 44.3 Å². The van der Waals surface area contributed by atoms with Gasteiger partial charge in [-0.05, 0) is 62.5 Å². The van der Waals surface area contributed by atoms with Gasteiger partial charge >= 0.3 is 0 Å². The van der Waals surface area contributed by atoms with Crippen LogP contribution in [0.15, 0.2) is 18.2 Å². The van der Waals surface area contributed by atoms with Gasteiger partial charge in [-0.2, -0.15) is 0 Å². The van der Waals surface area contributed by atoms with Crippen molar-refractivity contribution in [3.05, 3.63) is 23.8 Å². The highest BCUT2D eigenvalue weighted by Gasteiger charge is 2.37. The first-order valence-corrected chi connectivity index (χ1v) is 8.02. The Labute approximate surface area is 122 Å². The van der Waals surface area contributed by atoms with Gasteiger partial charge in [-0.1, -0.05) is 26.0 Å². The fourth-order valence-electron chi connectivity index (χ4n) is 3.39. The molecule has 0 spiro atoms. The number of nitrogens with one attached hydrogen (secondary N) is 1. The molecule has 0 saturated heterocycles. The van der Waals surface area contributed by atoms with Crippen molar-refractivity contribution in [3.8, 4) is 5.75 Å². The van der Waals surface area contributed by atoms with E-state index in [0.717, 1.165) is 25.1 Å². The quantitative estimate of drug-likeness (QED) is 0.837. The summed E-state index contributed by atoms with van der Waals surface area (Å²) in [6.07, 6.45) is 7.22. The van der Waals surface area contributed by atoms with Crippen LogP contribution < -0.4 is 10.1 Å². The van der Waals surface area contributed by atoms with Crippen molar-refractivity contribution in [3.63, 3.8) is 0 Å². The summed E-state index contributed by atoms with van der Waals surface area (Å²) in [7, 11) is 0.